The van der Waals surface area contributed by atoms with Crippen LogP contribution in [0.3, 0.4) is 0 Å². The van der Waals surface area contributed by atoms with Crippen molar-refractivity contribution in [3.63, 3.8) is 0 Å². The standard InChI is InChI=1S/C9H16N4S/c1-4-7-5-12-8(14-7)6-13-9(10-2)11-3/h5H,4,6H2,1-3H3,(H2,10,11,13). The summed E-state index contributed by atoms with van der Waals surface area (Å²) in [5.41, 5.74) is 0. The Labute approximate surface area is 88.5 Å². The Hall–Kier alpha value is -1.10. The second kappa shape index (κ2) is 5.59. The van der Waals surface area contributed by atoms with E-state index in [9.17, 15) is 0 Å². The molecule has 78 valence electrons. The molecule has 4 nitrogen and oxygen atoms in total. The quantitative estimate of drug-likeness (QED) is 0.580. The molecular weight excluding hydrogens is 196 g/mol. The summed E-state index contributed by atoms with van der Waals surface area (Å²) in [4.78, 5) is 9.64. The minimum Gasteiger partial charge on any atom is -0.359 e. The van der Waals surface area contributed by atoms with E-state index in [0.29, 0.717) is 0 Å². The van der Waals surface area contributed by atoms with Crippen LogP contribution in [0.25, 0.3) is 0 Å². The van der Waals surface area contributed by atoms with Crippen LogP contribution in [-0.4, -0.2) is 25.0 Å². The van der Waals surface area contributed by atoms with Crippen molar-refractivity contribution < 1.29 is 0 Å². The number of hydrogen-bond donors (Lipinski definition) is 2. The van der Waals surface area contributed by atoms with E-state index in [1.165, 1.54) is 4.88 Å². The molecule has 0 atom stereocenters. The van der Waals surface area contributed by atoms with Gasteiger partial charge in [-0.3, -0.25) is 4.99 Å². The van der Waals surface area contributed by atoms with Crippen molar-refractivity contribution in [1.29, 1.82) is 0 Å². The molecule has 1 aromatic heterocycles. The molecule has 2 N–H and O–H groups in total. The molecule has 0 amide bonds. The van der Waals surface area contributed by atoms with Gasteiger partial charge >= 0.3 is 0 Å². The number of aliphatic imine (C=N–C) groups is 1. The summed E-state index contributed by atoms with van der Waals surface area (Å²) in [7, 11) is 3.59. The smallest absolute Gasteiger partial charge is 0.191 e. The molecule has 1 heterocycles. The Morgan fingerprint density at radius 1 is 1.64 bits per heavy atom. The summed E-state index contributed by atoms with van der Waals surface area (Å²) in [6.07, 6.45) is 2.99. The molecule has 0 unspecified atom stereocenters. The third-order valence-corrected chi connectivity index (χ3v) is 2.96. The molecule has 0 aliphatic carbocycles. The van der Waals surface area contributed by atoms with Crippen molar-refractivity contribution in [1.82, 2.24) is 15.6 Å². The molecule has 0 saturated carbocycles. The van der Waals surface area contributed by atoms with Crippen LogP contribution in [0.4, 0.5) is 0 Å². The number of rotatable bonds is 3. The van der Waals surface area contributed by atoms with E-state index in [0.717, 1.165) is 23.9 Å². The summed E-state index contributed by atoms with van der Waals surface area (Å²) in [6.45, 7) is 2.87. The first-order valence-corrected chi connectivity index (χ1v) is 5.43. The SMILES string of the molecule is CCc1cnc(CNC(=NC)NC)s1. The van der Waals surface area contributed by atoms with Crippen LogP contribution in [0.15, 0.2) is 11.2 Å². The highest BCUT2D eigenvalue weighted by atomic mass is 32.1. The van der Waals surface area contributed by atoms with E-state index in [1.54, 1.807) is 18.4 Å². The maximum absolute atomic E-state index is 4.30. The topological polar surface area (TPSA) is 49.3 Å². The van der Waals surface area contributed by atoms with Gasteiger partial charge in [-0.15, -0.1) is 11.3 Å². The summed E-state index contributed by atoms with van der Waals surface area (Å²) in [6, 6.07) is 0. The fraction of sp³-hybridized carbons (Fsp3) is 0.556. The number of guanidine groups is 1. The fourth-order valence-electron chi connectivity index (χ4n) is 1.03. The van der Waals surface area contributed by atoms with Crippen molar-refractivity contribution in [2.24, 2.45) is 4.99 Å². The van der Waals surface area contributed by atoms with Gasteiger partial charge in [0.15, 0.2) is 5.96 Å². The van der Waals surface area contributed by atoms with Gasteiger partial charge in [-0.05, 0) is 6.42 Å². The molecule has 0 aromatic carbocycles. The van der Waals surface area contributed by atoms with Gasteiger partial charge in [0.2, 0.25) is 0 Å². The van der Waals surface area contributed by atoms with Crippen molar-refractivity contribution in [3.8, 4) is 0 Å². The Morgan fingerprint density at radius 2 is 2.43 bits per heavy atom. The normalized spacial score (nSPS) is 11.5. The lowest BCUT2D eigenvalue weighted by Gasteiger charge is -2.05. The monoisotopic (exact) mass is 212 g/mol. The van der Waals surface area contributed by atoms with Crippen molar-refractivity contribution >= 4 is 17.3 Å². The number of thiazole rings is 1. The maximum Gasteiger partial charge on any atom is 0.191 e. The van der Waals surface area contributed by atoms with Crippen molar-refractivity contribution in [3.05, 3.63) is 16.1 Å². The van der Waals surface area contributed by atoms with Crippen LogP contribution in [0, 0.1) is 0 Å². The van der Waals surface area contributed by atoms with E-state index < -0.39 is 0 Å². The van der Waals surface area contributed by atoms with Gasteiger partial charge in [-0.2, -0.15) is 0 Å². The van der Waals surface area contributed by atoms with E-state index in [2.05, 4.69) is 27.5 Å². The number of nitrogens with one attached hydrogen (secondary N) is 2. The summed E-state index contributed by atoms with van der Waals surface area (Å²) < 4.78 is 0. The summed E-state index contributed by atoms with van der Waals surface area (Å²) in [5, 5.41) is 7.21. The lowest BCUT2D eigenvalue weighted by molar-refractivity contribution is 0.857. The first kappa shape index (κ1) is 11.0. The number of nitrogens with zero attached hydrogens (tertiary/aromatic N) is 2. The van der Waals surface area contributed by atoms with E-state index in [-0.39, 0.29) is 0 Å². The molecule has 1 aromatic rings. The first-order chi connectivity index (χ1) is 6.80. The zero-order valence-corrected chi connectivity index (χ0v) is 9.61. The molecule has 1 rings (SSSR count). The number of aryl methyl sites for hydroxylation is 1. The highest BCUT2D eigenvalue weighted by Crippen LogP contribution is 2.12. The Kier molecular flexibility index (Phi) is 4.39. The predicted molar refractivity (Wildman–Crippen MR) is 60.8 cm³/mol. The van der Waals surface area contributed by atoms with Crippen LogP contribution in [0.5, 0.6) is 0 Å². The van der Waals surface area contributed by atoms with Gasteiger partial charge in [0, 0.05) is 25.2 Å². The van der Waals surface area contributed by atoms with Crippen LogP contribution in [0.2, 0.25) is 0 Å². The molecule has 0 bridgehead atoms. The highest BCUT2D eigenvalue weighted by molar-refractivity contribution is 7.11. The van der Waals surface area contributed by atoms with Crippen LogP contribution >= 0.6 is 11.3 Å². The molecule has 0 fully saturated rings. The average Bonchev–Trinajstić information content (AvgIpc) is 2.67. The van der Waals surface area contributed by atoms with E-state index in [4.69, 9.17) is 0 Å². The minimum atomic E-state index is 0.734. The second-order valence-corrected chi connectivity index (χ2v) is 3.95. The highest BCUT2D eigenvalue weighted by Gasteiger charge is 2.00. The first-order valence-electron chi connectivity index (χ1n) is 4.62. The van der Waals surface area contributed by atoms with Gasteiger partial charge in [0.05, 0.1) is 6.54 Å². The maximum atomic E-state index is 4.30. The zero-order chi connectivity index (χ0) is 10.4. The van der Waals surface area contributed by atoms with Gasteiger partial charge < -0.3 is 10.6 Å². The third-order valence-electron chi connectivity index (χ3n) is 1.82. The molecule has 14 heavy (non-hydrogen) atoms. The predicted octanol–water partition coefficient (Wildman–Crippen LogP) is 1.00. The molecule has 0 spiro atoms. The van der Waals surface area contributed by atoms with Crippen LogP contribution in [-0.2, 0) is 13.0 Å². The fourth-order valence-corrected chi connectivity index (χ4v) is 1.83. The average molecular weight is 212 g/mol. The largest absolute Gasteiger partial charge is 0.359 e. The van der Waals surface area contributed by atoms with E-state index >= 15 is 0 Å². The van der Waals surface area contributed by atoms with E-state index in [1.807, 2.05) is 13.2 Å². The lowest BCUT2D eigenvalue weighted by Crippen LogP contribution is -2.33. The minimum absolute atomic E-state index is 0.734. The van der Waals surface area contributed by atoms with Gasteiger partial charge in [-0.25, -0.2) is 4.98 Å². The summed E-state index contributed by atoms with van der Waals surface area (Å²) >= 11 is 1.74. The van der Waals surface area contributed by atoms with Gasteiger partial charge in [0.25, 0.3) is 0 Å². The molecule has 0 radical (unpaired) electrons. The van der Waals surface area contributed by atoms with Gasteiger partial charge in [-0.1, -0.05) is 6.92 Å². The number of aromatic nitrogens is 1. The number of hydrogen-bond acceptors (Lipinski definition) is 3. The van der Waals surface area contributed by atoms with Crippen molar-refractivity contribution in [2.45, 2.75) is 19.9 Å². The Balaban J connectivity index is 2.45. The van der Waals surface area contributed by atoms with Gasteiger partial charge in [0.1, 0.15) is 5.01 Å². The third kappa shape index (κ3) is 2.99. The molecule has 0 aliphatic rings. The van der Waals surface area contributed by atoms with Crippen LogP contribution < -0.4 is 10.6 Å². The molecule has 0 saturated heterocycles. The Morgan fingerprint density at radius 3 is 2.93 bits per heavy atom. The zero-order valence-electron chi connectivity index (χ0n) is 8.79. The molecule has 0 aliphatic heterocycles. The molecule has 5 heteroatoms. The van der Waals surface area contributed by atoms with Crippen LogP contribution in [0.1, 0.15) is 16.8 Å². The Bertz CT molecular complexity index is 306. The van der Waals surface area contributed by atoms with Crippen molar-refractivity contribution in [2.75, 3.05) is 14.1 Å². The lowest BCUT2D eigenvalue weighted by atomic mass is 10.4. The summed E-state index contributed by atoms with van der Waals surface area (Å²) in [5.74, 6) is 0.790. The molecular formula is C9H16N4S. The second-order valence-electron chi connectivity index (χ2n) is 2.75.